The van der Waals surface area contributed by atoms with Crippen LogP contribution in [0.15, 0.2) is 16.9 Å². The molecule has 0 fully saturated rings. The summed E-state index contributed by atoms with van der Waals surface area (Å²) in [6, 6.07) is 1.76. The van der Waals surface area contributed by atoms with E-state index in [4.69, 9.17) is 0 Å². The Morgan fingerprint density at radius 3 is 2.81 bits per heavy atom. The summed E-state index contributed by atoms with van der Waals surface area (Å²) in [4.78, 5) is 0. The van der Waals surface area contributed by atoms with E-state index in [1.807, 2.05) is 6.92 Å². The number of halogens is 3. The summed E-state index contributed by atoms with van der Waals surface area (Å²) >= 11 is 0. The molecule has 0 saturated carbocycles. The molecule has 16 heavy (non-hydrogen) atoms. The van der Waals surface area contributed by atoms with Gasteiger partial charge >= 0.3 is 6.18 Å². The second-order valence-electron chi connectivity index (χ2n) is 3.78. The Balaban J connectivity index is 2.09. The first kappa shape index (κ1) is 13.0. The van der Waals surface area contributed by atoms with E-state index in [0.717, 1.165) is 5.69 Å². The maximum Gasteiger partial charge on any atom is 0.389 e. The topological polar surface area (TPSA) is 38.1 Å². The van der Waals surface area contributed by atoms with Gasteiger partial charge in [0.05, 0.1) is 5.69 Å². The fourth-order valence-corrected chi connectivity index (χ4v) is 1.32. The average Bonchev–Trinajstić information content (AvgIpc) is 2.65. The lowest BCUT2D eigenvalue weighted by Gasteiger charge is -2.13. The quantitative estimate of drug-likeness (QED) is 0.825. The monoisotopic (exact) mass is 236 g/mol. The summed E-state index contributed by atoms with van der Waals surface area (Å²) in [5, 5.41) is 6.77. The van der Waals surface area contributed by atoms with Gasteiger partial charge in [0.15, 0.2) is 0 Å². The highest BCUT2D eigenvalue weighted by Gasteiger charge is 2.26. The Kier molecular flexibility index (Phi) is 4.79. The maximum atomic E-state index is 11.9. The van der Waals surface area contributed by atoms with Crippen molar-refractivity contribution in [2.75, 3.05) is 0 Å². The van der Waals surface area contributed by atoms with Crippen molar-refractivity contribution in [3.8, 4) is 0 Å². The van der Waals surface area contributed by atoms with Crippen molar-refractivity contribution in [2.45, 2.75) is 44.9 Å². The number of rotatable bonds is 6. The van der Waals surface area contributed by atoms with Crippen LogP contribution in [0, 0.1) is 0 Å². The molecule has 0 spiro atoms. The second kappa shape index (κ2) is 5.89. The van der Waals surface area contributed by atoms with E-state index in [2.05, 4.69) is 15.0 Å². The normalized spacial score (nSPS) is 14.0. The molecule has 0 bridgehead atoms. The zero-order chi connectivity index (χ0) is 12.0. The molecule has 92 valence electrons. The lowest BCUT2D eigenvalue weighted by atomic mass is 10.1. The highest BCUT2D eigenvalue weighted by Crippen LogP contribution is 2.22. The molecular formula is C10H15F3N2O. The highest BCUT2D eigenvalue weighted by molar-refractivity contribution is 4.94. The number of alkyl halides is 3. The summed E-state index contributed by atoms with van der Waals surface area (Å²) in [6.45, 7) is 2.38. The van der Waals surface area contributed by atoms with Crippen LogP contribution in [-0.2, 0) is 6.54 Å². The molecule has 1 aromatic heterocycles. The van der Waals surface area contributed by atoms with Crippen LogP contribution < -0.4 is 5.32 Å². The minimum Gasteiger partial charge on any atom is -0.364 e. The molecule has 3 nitrogen and oxygen atoms in total. The Bertz CT molecular complexity index is 285. The largest absolute Gasteiger partial charge is 0.389 e. The van der Waals surface area contributed by atoms with Gasteiger partial charge in [0, 0.05) is 25.1 Å². The Labute approximate surface area is 92.0 Å². The van der Waals surface area contributed by atoms with Crippen molar-refractivity contribution in [2.24, 2.45) is 0 Å². The van der Waals surface area contributed by atoms with Crippen molar-refractivity contribution in [1.82, 2.24) is 10.5 Å². The Morgan fingerprint density at radius 1 is 1.50 bits per heavy atom. The van der Waals surface area contributed by atoms with E-state index in [9.17, 15) is 13.2 Å². The third-order valence-electron chi connectivity index (χ3n) is 2.22. The molecule has 0 aliphatic carbocycles. The smallest absolute Gasteiger partial charge is 0.364 e. The molecular weight excluding hydrogens is 221 g/mol. The number of hydrogen-bond donors (Lipinski definition) is 1. The number of nitrogens with one attached hydrogen (secondary N) is 1. The summed E-state index contributed by atoms with van der Waals surface area (Å²) in [5.41, 5.74) is 0.752. The Morgan fingerprint density at radius 2 is 2.25 bits per heavy atom. The summed E-state index contributed by atoms with van der Waals surface area (Å²) in [7, 11) is 0. The fourth-order valence-electron chi connectivity index (χ4n) is 1.32. The van der Waals surface area contributed by atoms with Gasteiger partial charge in [-0.2, -0.15) is 13.2 Å². The standard InChI is InChI=1S/C10H15F3N2O/c1-8(3-2-5-10(11,12)13)14-7-9-4-6-16-15-9/h4,6,8,14H,2-3,5,7H2,1H3. The third kappa shape index (κ3) is 5.75. The second-order valence-corrected chi connectivity index (χ2v) is 3.78. The van der Waals surface area contributed by atoms with Crippen LogP contribution in [0.25, 0.3) is 0 Å². The minimum absolute atomic E-state index is 0.0408. The van der Waals surface area contributed by atoms with Crippen LogP contribution in [0.5, 0.6) is 0 Å². The zero-order valence-electron chi connectivity index (χ0n) is 9.05. The molecule has 0 aliphatic heterocycles. The van der Waals surface area contributed by atoms with Gasteiger partial charge in [-0.1, -0.05) is 5.16 Å². The summed E-state index contributed by atoms with van der Waals surface area (Å²) in [6.07, 6.45) is -2.66. The molecule has 0 radical (unpaired) electrons. The molecule has 1 aromatic rings. The van der Waals surface area contributed by atoms with Crippen LogP contribution in [0.4, 0.5) is 13.2 Å². The lowest BCUT2D eigenvalue weighted by Crippen LogP contribution is -2.26. The lowest BCUT2D eigenvalue weighted by molar-refractivity contribution is -0.135. The number of hydrogen-bond acceptors (Lipinski definition) is 3. The van der Waals surface area contributed by atoms with Gasteiger partial charge in [-0.05, 0) is 19.8 Å². The van der Waals surface area contributed by atoms with Crippen LogP contribution >= 0.6 is 0 Å². The van der Waals surface area contributed by atoms with Gasteiger partial charge in [0.1, 0.15) is 6.26 Å². The van der Waals surface area contributed by atoms with E-state index in [1.54, 1.807) is 6.07 Å². The van der Waals surface area contributed by atoms with E-state index in [0.29, 0.717) is 13.0 Å². The molecule has 0 saturated heterocycles. The third-order valence-corrected chi connectivity index (χ3v) is 2.22. The van der Waals surface area contributed by atoms with Crippen molar-refractivity contribution < 1.29 is 17.7 Å². The minimum atomic E-state index is -4.05. The van der Waals surface area contributed by atoms with E-state index >= 15 is 0 Å². The van der Waals surface area contributed by atoms with Crippen LogP contribution in [0.1, 0.15) is 31.9 Å². The maximum absolute atomic E-state index is 11.9. The van der Waals surface area contributed by atoms with E-state index in [1.165, 1.54) is 6.26 Å². The van der Waals surface area contributed by atoms with E-state index in [-0.39, 0.29) is 12.5 Å². The molecule has 0 aromatic carbocycles. The van der Waals surface area contributed by atoms with Crippen molar-refractivity contribution in [3.63, 3.8) is 0 Å². The molecule has 0 amide bonds. The predicted octanol–water partition coefficient (Wildman–Crippen LogP) is 2.89. The molecule has 1 N–H and O–H groups in total. The first-order chi connectivity index (χ1) is 7.47. The van der Waals surface area contributed by atoms with E-state index < -0.39 is 12.6 Å². The molecule has 1 rings (SSSR count). The molecule has 6 heteroatoms. The molecule has 1 heterocycles. The first-order valence-corrected chi connectivity index (χ1v) is 5.17. The number of aromatic nitrogens is 1. The van der Waals surface area contributed by atoms with Crippen LogP contribution in [0.2, 0.25) is 0 Å². The summed E-state index contributed by atoms with van der Waals surface area (Å²) < 4.78 is 40.3. The molecule has 1 atom stereocenters. The van der Waals surface area contributed by atoms with Gasteiger partial charge in [-0.15, -0.1) is 0 Å². The SMILES string of the molecule is CC(CCCC(F)(F)F)NCc1ccon1. The fraction of sp³-hybridized carbons (Fsp3) is 0.700. The van der Waals surface area contributed by atoms with Crippen molar-refractivity contribution in [1.29, 1.82) is 0 Å². The van der Waals surface area contributed by atoms with Gasteiger partial charge in [-0.25, -0.2) is 0 Å². The van der Waals surface area contributed by atoms with Crippen LogP contribution in [0.3, 0.4) is 0 Å². The molecule has 1 unspecified atom stereocenters. The van der Waals surface area contributed by atoms with Gasteiger partial charge in [-0.3, -0.25) is 0 Å². The van der Waals surface area contributed by atoms with Crippen LogP contribution in [-0.4, -0.2) is 17.4 Å². The predicted molar refractivity (Wildman–Crippen MR) is 52.7 cm³/mol. The highest BCUT2D eigenvalue weighted by atomic mass is 19.4. The average molecular weight is 236 g/mol. The van der Waals surface area contributed by atoms with Gasteiger partial charge in [0.2, 0.25) is 0 Å². The first-order valence-electron chi connectivity index (χ1n) is 5.17. The number of nitrogens with zero attached hydrogens (tertiary/aromatic N) is 1. The summed E-state index contributed by atoms with van der Waals surface area (Å²) in [5.74, 6) is 0. The van der Waals surface area contributed by atoms with Crippen molar-refractivity contribution in [3.05, 3.63) is 18.0 Å². The van der Waals surface area contributed by atoms with Crippen molar-refractivity contribution >= 4 is 0 Å². The van der Waals surface area contributed by atoms with Gasteiger partial charge < -0.3 is 9.84 Å². The van der Waals surface area contributed by atoms with Gasteiger partial charge in [0.25, 0.3) is 0 Å². The molecule has 0 aliphatic rings. The Hall–Kier alpha value is -1.04. The zero-order valence-corrected chi connectivity index (χ0v) is 9.05.